The van der Waals surface area contributed by atoms with Gasteiger partial charge in [0, 0.05) is 6.92 Å². The van der Waals surface area contributed by atoms with E-state index in [1.54, 1.807) is 0 Å². The second kappa shape index (κ2) is 7.94. The van der Waals surface area contributed by atoms with Gasteiger partial charge in [-0.2, -0.15) is 0 Å². The number of phosphoric acid groups is 1. The molecule has 2 atom stereocenters. The van der Waals surface area contributed by atoms with Crippen LogP contribution in [0.25, 0.3) is 0 Å². The Kier molecular flexibility index (Phi) is 7.73. The van der Waals surface area contributed by atoms with Gasteiger partial charge in [0.25, 0.3) is 7.82 Å². The molecule has 0 radical (unpaired) electrons. The first-order valence-electron chi connectivity index (χ1n) is 5.74. The Labute approximate surface area is 113 Å². The third-order valence-corrected chi connectivity index (χ3v) is 2.93. The highest BCUT2D eigenvalue weighted by molar-refractivity contribution is 7.45. The topological polar surface area (TPSA) is 105 Å². The summed E-state index contributed by atoms with van der Waals surface area (Å²) >= 11 is 0. The number of rotatable bonds is 9. The van der Waals surface area contributed by atoms with Gasteiger partial charge in [-0.05, 0) is 0 Å². The standard InChI is InChI=1S/C10H22NO7P/c1-9(13)18-10(7-12)8-17-19(14,15)16-6-5-11(2,3)4/h10,12H,5-8H2,1-4H3/t10-/m1/s1. The molecular formula is C10H22NO7P. The molecule has 114 valence electrons. The molecule has 19 heavy (non-hydrogen) atoms. The molecule has 9 heteroatoms. The van der Waals surface area contributed by atoms with Crippen LogP contribution >= 0.6 is 7.82 Å². The Balaban J connectivity index is 4.07. The zero-order chi connectivity index (χ0) is 15.1. The van der Waals surface area contributed by atoms with Gasteiger partial charge in [-0.25, -0.2) is 0 Å². The number of likely N-dealkylation sites (N-methyl/N-ethyl adjacent to an activating group) is 1. The van der Waals surface area contributed by atoms with Crippen molar-refractivity contribution in [3.05, 3.63) is 0 Å². The van der Waals surface area contributed by atoms with Crippen molar-refractivity contribution in [3.8, 4) is 0 Å². The molecular weight excluding hydrogens is 277 g/mol. The number of quaternary nitrogens is 1. The highest BCUT2D eigenvalue weighted by atomic mass is 31.2. The molecule has 0 bridgehead atoms. The third kappa shape index (κ3) is 11.1. The van der Waals surface area contributed by atoms with Crippen molar-refractivity contribution in [1.82, 2.24) is 0 Å². The first kappa shape index (κ1) is 18.5. The van der Waals surface area contributed by atoms with Crippen LogP contribution in [0.4, 0.5) is 0 Å². The number of ether oxygens (including phenoxy) is 1. The van der Waals surface area contributed by atoms with Gasteiger partial charge in [0.15, 0.2) is 0 Å². The van der Waals surface area contributed by atoms with E-state index >= 15 is 0 Å². The summed E-state index contributed by atoms with van der Waals surface area (Å²) in [5, 5.41) is 8.86. The Hall–Kier alpha value is -0.500. The average molecular weight is 299 g/mol. The van der Waals surface area contributed by atoms with E-state index in [9.17, 15) is 14.3 Å². The van der Waals surface area contributed by atoms with E-state index in [4.69, 9.17) is 5.11 Å². The summed E-state index contributed by atoms with van der Waals surface area (Å²) in [5.74, 6) is -0.630. The molecule has 0 amide bonds. The number of hydrogen-bond acceptors (Lipinski definition) is 7. The lowest BCUT2D eigenvalue weighted by atomic mass is 10.4. The predicted octanol–water partition coefficient (Wildman–Crippen LogP) is -0.882. The Morgan fingerprint density at radius 2 is 1.95 bits per heavy atom. The lowest BCUT2D eigenvalue weighted by molar-refractivity contribution is -0.870. The fraction of sp³-hybridized carbons (Fsp3) is 0.900. The molecule has 8 nitrogen and oxygen atoms in total. The summed E-state index contributed by atoms with van der Waals surface area (Å²) in [6, 6.07) is 0. The Bertz CT molecular complexity index is 328. The van der Waals surface area contributed by atoms with Crippen LogP contribution in [0.1, 0.15) is 6.92 Å². The molecule has 0 aromatic rings. The largest absolute Gasteiger partial charge is 0.756 e. The molecule has 0 aliphatic heterocycles. The predicted molar refractivity (Wildman–Crippen MR) is 65.0 cm³/mol. The molecule has 0 aromatic carbocycles. The third-order valence-electron chi connectivity index (χ3n) is 1.97. The minimum absolute atomic E-state index is 0.0123. The maximum Gasteiger partial charge on any atom is 0.303 e. The van der Waals surface area contributed by atoms with Crippen LogP contribution in [-0.4, -0.2) is 69.2 Å². The quantitative estimate of drug-likeness (QED) is 0.335. The van der Waals surface area contributed by atoms with E-state index in [0.29, 0.717) is 11.0 Å². The van der Waals surface area contributed by atoms with Crippen molar-refractivity contribution in [1.29, 1.82) is 0 Å². The van der Waals surface area contributed by atoms with E-state index < -0.39 is 33.1 Å². The summed E-state index contributed by atoms with van der Waals surface area (Å²) in [7, 11) is 1.22. The zero-order valence-electron chi connectivity index (χ0n) is 11.7. The zero-order valence-corrected chi connectivity index (χ0v) is 12.6. The van der Waals surface area contributed by atoms with Crippen LogP contribution in [0.5, 0.6) is 0 Å². The van der Waals surface area contributed by atoms with Gasteiger partial charge in [-0.15, -0.1) is 0 Å². The van der Waals surface area contributed by atoms with Gasteiger partial charge < -0.3 is 28.3 Å². The van der Waals surface area contributed by atoms with Crippen LogP contribution < -0.4 is 4.89 Å². The molecule has 0 heterocycles. The molecule has 0 spiro atoms. The second-order valence-electron chi connectivity index (χ2n) is 5.00. The fourth-order valence-electron chi connectivity index (χ4n) is 0.997. The molecule has 0 saturated heterocycles. The first-order valence-corrected chi connectivity index (χ1v) is 7.20. The van der Waals surface area contributed by atoms with Crippen LogP contribution in [0, 0.1) is 0 Å². The van der Waals surface area contributed by atoms with Crippen molar-refractivity contribution < 1.29 is 37.6 Å². The van der Waals surface area contributed by atoms with Gasteiger partial charge >= 0.3 is 5.97 Å². The van der Waals surface area contributed by atoms with Crippen molar-refractivity contribution in [2.75, 3.05) is 47.5 Å². The van der Waals surface area contributed by atoms with Crippen LogP contribution in [-0.2, 0) is 23.1 Å². The molecule has 0 saturated carbocycles. The molecule has 1 N–H and O–H groups in total. The summed E-state index contributed by atoms with van der Waals surface area (Å²) in [6.45, 7) is 0.626. The van der Waals surface area contributed by atoms with Crippen molar-refractivity contribution >= 4 is 13.8 Å². The highest BCUT2D eigenvalue weighted by Crippen LogP contribution is 2.38. The van der Waals surface area contributed by atoms with Gasteiger partial charge in [0.1, 0.15) is 19.3 Å². The number of carbonyl (C=O) groups excluding carboxylic acids is 1. The van der Waals surface area contributed by atoms with Crippen molar-refractivity contribution in [2.24, 2.45) is 0 Å². The Morgan fingerprint density at radius 1 is 1.37 bits per heavy atom. The maximum absolute atomic E-state index is 11.4. The normalized spacial score (nSPS) is 16.7. The number of carbonyl (C=O) groups is 1. The van der Waals surface area contributed by atoms with Gasteiger partial charge in [-0.3, -0.25) is 9.36 Å². The average Bonchev–Trinajstić information content (AvgIpc) is 2.21. The number of nitrogens with zero attached hydrogens (tertiary/aromatic N) is 1. The van der Waals surface area contributed by atoms with Crippen LogP contribution in [0.3, 0.4) is 0 Å². The molecule has 0 aliphatic rings. The van der Waals surface area contributed by atoms with Crippen molar-refractivity contribution in [3.63, 3.8) is 0 Å². The minimum Gasteiger partial charge on any atom is -0.756 e. The SMILES string of the molecule is CC(=O)O[C@H](CO)COP(=O)([O-])OCC[N+](C)(C)C. The minimum atomic E-state index is -4.45. The fourth-order valence-corrected chi connectivity index (χ4v) is 1.73. The van der Waals surface area contributed by atoms with E-state index in [1.165, 1.54) is 0 Å². The van der Waals surface area contributed by atoms with E-state index in [2.05, 4.69) is 13.8 Å². The van der Waals surface area contributed by atoms with Gasteiger partial charge in [0.2, 0.25) is 0 Å². The van der Waals surface area contributed by atoms with E-state index in [0.717, 1.165) is 6.92 Å². The molecule has 0 aromatic heterocycles. The van der Waals surface area contributed by atoms with Crippen molar-refractivity contribution in [2.45, 2.75) is 13.0 Å². The highest BCUT2D eigenvalue weighted by Gasteiger charge is 2.17. The lowest BCUT2D eigenvalue weighted by Gasteiger charge is -2.28. The summed E-state index contributed by atoms with van der Waals surface area (Å²) < 4.78 is 25.7. The number of aliphatic hydroxyl groups is 1. The molecule has 1 unspecified atom stereocenters. The lowest BCUT2D eigenvalue weighted by Crippen LogP contribution is -2.37. The summed E-state index contributed by atoms with van der Waals surface area (Å²) in [6.07, 6.45) is -1.03. The number of phosphoric ester groups is 1. The number of esters is 1. The monoisotopic (exact) mass is 299 g/mol. The first-order chi connectivity index (χ1) is 8.56. The van der Waals surface area contributed by atoms with E-state index in [-0.39, 0.29) is 6.61 Å². The smallest absolute Gasteiger partial charge is 0.303 e. The van der Waals surface area contributed by atoms with Crippen LogP contribution in [0.2, 0.25) is 0 Å². The van der Waals surface area contributed by atoms with Gasteiger partial charge in [0.05, 0.1) is 34.4 Å². The summed E-state index contributed by atoms with van der Waals surface area (Å²) in [5.41, 5.74) is 0. The summed E-state index contributed by atoms with van der Waals surface area (Å²) in [4.78, 5) is 22.0. The van der Waals surface area contributed by atoms with E-state index in [1.807, 2.05) is 21.1 Å². The number of aliphatic hydroxyl groups excluding tert-OH is 1. The Morgan fingerprint density at radius 3 is 2.37 bits per heavy atom. The molecule has 0 aliphatic carbocycles. The second-order valence-corrected chi connectivity index (χ2v) is 6.41. The van der Waals surface area contributed by atoms with Gasteiger partial charge in [-0.1, -0.05) is 0 Å². The van der Waals surface area contributed by atoms with Crippen LogP contribution in [0.15, 0.2) is 0 Å². The molecule has 0 rings (SSSR count). The number of hydrogen-bond donors (Lipinski definition) is 1. The molecule has 0 fully saturated rings. The maximum atomic E-state index is 11.4.